The van der Waals surface area contributed by atoms with E-state index in [-0.39, 0.29) is 5.28 Å². The van der Waals surface area contributed by atoms with Crippen molar-refractivity contribution in [1.82, 2.24) is 34.6 Å². The molecule has 2 aromatic heterocycles. The van der Waals surface area contributed by atoms with Crippen molar-refractivity contribution in [3.63, 3.8) is 0 Å². The van der Waals surface area contributed by atoms with Crippen LogP contribution in [-0.4, -0.2) is 68.3 Å². The van der Waals surface area contributed by atoms with Crippen molar-refractivity contribution in [2.45, 2.75) is 13.3 Å². The van der Waals surface area contributed by atoms with Crippen LogP contribution in [0.15, 0.2) is 12.7 Å². The lowest BCUT2D eigenvalue weighted by molar-refractivity contribution is 0.411. The first-order valence-electron chi connectivity index (χ1n) is 6.76. The Hall–Kier alpha value is -1.80. The maximum Gasteiger partial charge on any atom is 0.258 e. The van der Waals surface area contributed by atoms with E-state index >= 15 is 0 Å². The van der Waals surface area contributed by atoms with Crippen LogP contribution >= 0.6 is 11.6 Å². The molecule has 114 valence electrons. The zero-order valence-corrected chi connectivity index (χ0v) is 13.2. The summed E-state index contributed by atoms with van der Waals surface area (Å²) in [5.41, 5.74) is 0. The van der Waals surface area contributed by atoms with Gasteiger partial charge in [-0.25, -0.2) is 4.98 Å². The van der Waals surface area contributed by atoms with Crippen LogP contribution in [0.25, 0.3) is 5.95 Å². The van der Waals surface area contributed by atoms with Crippen molar-refractivity contribution in [1.29, 1.82) is 0 Å². The Labute approximate surface area is 128 Å². The summed E-state index contributed by atoms with van der Waals surface area (Å²) in [5.74, 6) is 0.928. The third-order valence-electron chi connectivity index (χ3n) is 2.80. The molecule has 0 spiro atoms. The summed E-state index contributed by atoms with van der Waals surface area (Å²) in [6.45, 7) is 4.69. The van der Waals surface area contributed by atoms with Gasteiger partial charge < -0.3 is 9.80 Å². The fourth-order valence-electron chi connectivity index (χ4n) is 1.79. The molecule has 0 fully saturated rings. The number of halogens is 1. The summed E-state index contributed by atoms with van der Waals surface area (Å²) < 4.78 is 1.47. The predicted molar refractivity (Wildman–Crippen MR) is 80.8 cm³/mol. The monoisotopic (exact) mass is 310 g/mol. The molecular formula is C12H19ClN8. The summed E-state index contributed by atoms with van der Waals surface area (Å²) in [4.78, 5) is 20.8. The van der Waals surface area contributed by atoms with Gasteiger partial charge in [-0.2, -0.15) is 24.7 Å². The summed E-state index contributed by atoms with van der Waals surface area (Å²) in [5, 5.41) is 4.17. The molecule has 2 aromatic rings. The molecule has 0 aromatic carbocycles. The van der Waals surface area contributed by atoms with E-state index in [2.05, 4.69) is 41.8 Å². The largest absolute Gasteiger partial charge is 0.339 e. The normalized spacial score (nSPS) is 11.1. The lowest BCUT2D eigenvalue weighted by Gasteiger charge is -2.23. The van der Waals surface area contributed by atoms with E-state index in [4.69, 9.17) is 11.6 Å². The van der Waals surface area contributed by atoms with Crippen molar-refractivity contribution in [3.8, 4) is 5.95 Å². The number of aromatic nitrogens is 6. The maximum absolute atomic E-state index is 6.01. The topological polar surface area (TPSA) is 75.9 Å². The Kier molecular flexibility index (Phi) is 5.40. The Morgan fingerprint density at radius 3 is 2.57 bits per heavy atom. The molecule has 0 radical (unpaired) electrons. The predicted octanol–water partition coefficient (Wildman–Crippen LogP) is 0.884. The second kappa shape index (κ2) is 7.28. The molecule has 0 atom stereocenters. The van der Waals surface area contributed by atoms with E-state index in [1.807, 2.05) is 14.1 Å². The molecule has 0 aliphatic heterocycles. The van der Waals surface area contributed by atoms with E-state index in [1.54, 1.807) is 0 Å². The second-order valence-corrected chi connectivity index (χ2v) is 5.17. The molecule has 8 nitrogen and oxygen atoms in total. The van der Waals surface area contributed by atoms with Gasteiger partial charge in [0.25, 0.3) is 5.95 Å². The van der Waals surface area contributed by atoms with Crippen LogP contribution in [0.5, 0.6) is 0 Å². The van der Waals surface area contributed by atoms with Gasteiger partial charge in [0.2, 0.25) is 11.2 Å². The highest BCUT2D eigenvalue weighted by Crippen LogP contribution is 2.13. The molecule has 0 amide bonds. The molecule has 0 aliphatic rings. The van der Waals surface area contributed by atoms with E-state index < -0.39 is 0 Å². The lowest BCUT2D eigenvalue weighted by atomic mass is 10.4. The number of rotatable bonds is 7. The van der Waals surface area contributed by atoms with Gasteiger partial charge in [0.05, 0.1) is 0 Å². The number of anilines is 1. The van der Waals surface area contributed by atoms with Crippen molar-refractivity contribution in [3.05, 3.63) is 17.9 Å². The van der Waals surface area contributed by atoms with Crippen molar-refractivity contribution < 1.29 is 0 Å². The van der Waals surface area contributed by atoms with Gasteiger partial charge in [0.15, 0.2) is 0 Å². The van der Waals surface area contributed by atoms with Crippen LogP contribution in [0.2, 0.25) is 5.28 Å². The first-order valence-corrected chi connectivity index (χ1v) is 7.14. The summed E-state index contributed by atoms with van der Waals surface area (Å²) >= 11 is 6.01. The zero-order chi connectivity index (χ0) is 15.2. The minimum Gasteiger partial charge on any atom is -0.339 e. The quantitative estimate of drug-likeness (QED) is 0.751. The summed E-state index contributed by atoms with van der Waals surface area (Å²) in [6, 6.07) is 0. The minimum absolute atomic E-state index is 0.149. The summed E-state index contributed by atoms with van der Waals surface area (Å²) in [6.07, 6.45) is 3.95. The molecule has 2 heterocycles. The van der Waals surface area contributed by atoms with Crippen molar-refractivity contribution >= 4 is 17.5 Å². The third kappa shape index (κ3) is 4.33. The Bertz CT molecular complexity index is 556. The highest BCUT2D eigenvalue weighted by molar-refractivity contribution is 6.28. The maximum atomic E-state index is 6.01. The first-order chi connectivity index (χ1) is 10.1. The average Bonchev–Trinajstić information content (AvgIpc) is 2.96. The molecule has 0 bridgehead atoms. The zero-order valence-electron chi connectivity index (χ0n) is 12.4. The number of hydrogen-bond donors (Lipinski definition) is 0. The van der Waals surface area contributed by atoms with Gasteiger partial charge in [-0.3, -0.25) is 0 Å². The molecule has 9 heteroatoms. The lowest BCUT2D eigenvalue weighted by Crippen LogP contribution is -2.34. The van der Waals surface area contributed by atoms with E-state index in [0.717, 1.165) is 26.1 Å². The van der Waals surface area contributed by atoms with Crippen molar-refractivity contribution in [2.24, 2.45) is 0 Å². The van der Waals surface area contributed by atoms with Crippen LogP contribution < -0.4 is 4.90 Å². The fourth-order valence-corrected chi connectivity index (χ4v) is 1.94. The molecule has 0 aliphatic carbocycles. The van der Waals surface area contributed by atoms with Gasteiger partial charge in [-0.05, 0) is 32.1 Å². The van der Waals surface area contributed by atoms with E-state index in [9.17, 15) is 0 Å². The Balaban J connectivity index is 2.27. The van der Waals surface area contributed by atoms with Crippen molar-refractivity contribution in [2.75, 3.05) is 38.6 Å². The molecular weight excluding hydrogens is 292 g/mol. The van der Waals surface area contributed by atoms with Crippen LogP contribution in [0.4, 0.5) is 5.95 Å². The van der Waals surface area contributed by atoms with Gasteiger partial charge in [-0.15, -0.1) is 0 Å². The standard InChI is InChI=1S/C12H19ClN8/c1-4-5-20(7-6-19(2)3)11-16-10(13)17-12(18-11)21-9-14-8-15-21/h8-9H,4-7H2,1-3H3. The van der Waals surface area contributed by atoms with Crippen LogP contribution in [0.3, 0.4) is 0 Å². The Morgan fingerprint density at radius 2 is 1.95 bits per heavy atom. The van der Waals surface area contributed by atoms with Gasteiger partial charge in [-0.1, -0.05) is 6.92 Å². The molecule has 0 saturated carbocycles. The fraction of sp³-hybridized carbons (Fsp3) is 0.583. The molecule has 2 rings (SSSR count). The van der Waals surface area contributed by atoms with Gasteiger partial charge >= 0.3 is 0 Å². The van der Waals surface area contributed by atoms with Crippen LogP contribution in [-0.2, 0) is 0 Å². The number of hydrogen-bond acceptors (Lipinski definition) is 7. The number of nitrogens with zero attached hydrogens (tertiary/aromatic N) is 8. The number of likely N-dealkylation sites (N-methyl/N-ethyl adjacent to an activating group) is 1. The first kappa shape index (κ1) is 15.6. The van der Waals surface area contributed by atoms with E-state index in [1.165, 1.54) is 17.3 Å². The van der Waals surface area contributed by atoms with E-state index in [0.29, 0.717) is 11.9 Å². The molecule has 0 N–H and O–H groups in total. The summed E-state index contributed by atoms with van der Waals surface area (Å²) in [7, 11) is 4.07. The molecule has 0 unspecified atom stereocenters. The second-order valence-electron chi connectivity index (χ2n) is 4.83. The van der Waals surface area contributed by atoms with Gasteiger partial charge in [0, 0.05) is 19.6 Å². The highest BCUT2D eigenvalue weighted by Gasteiger charge is 2.14. The highest BCUT2D eigenvalue weighted by atomic mass is 35.5. The molecule has 0 saturated heterocycles. The molecule has 21 heavy (non-hydrogen) atoms. The SMILES string of the molecule is CCCN(CCN(C)C)c1nc(Cl)nc(-n2cncn2)n1. The van der Waals surface area contributed by atoms with Gasteiger partial charge in [0.1, 0.15) is 12.7 Å². The van der Waals surface area contributed by atoms with Crippen LogP contribution in [0, 0.1) is 0 Å². The third-order valence-corrected chi connectivity index (χ3v) is 2.97. The smallest absolute Gasteiger partial charge is 0.258 e. The average molecular weight is 311 g/mol. The van der Waals surface area contributed by atoms with Crippen LogP contribution in [0.1, 0.15) is 13.3 Å². The minimum atomic E-state index is 0.149. The Morgan fingerprint density at radius 1 is 1.14 bits per heavy atom.